The molecular formula is C18H13Cl. The van der Waals surface area contributed by atoms with E-state index in [1.807, 2.05) is 42.5 Å². The van der Waals surface area contributed by atoms with Gasteiger partial charge >= 0.3 is 0 Å². The van der Waals surface area contributed by atoms with E-state index in [2.05, 4.69) is 36.4 Å². The second kappa shape index (κ2) is 5.29. The topological polar surface area (TPSA) is 0 Å². The lowest BCUT2D eigenvalue weighted by Crippen LogP contribution is -1.82. The van der Waals surface area contributed by atoms with E-state index in [4.69, 9.17) is 11.6 Å². The summed E-state index contributed by atoms with van der Waals surface area (Å²) in [5, 5.41) is 0.783. The van der Waals surface area contributed by atoms with Crippen molar-refractivity contribution >= 4 is 11.6 Å². The molecule has 0 heterocycles. The third-order valence-corrected chi connectivity index (χ3v) is 3.49. The van der Waals surface area contributed by atoms with Crippen molar-refractivity contribution in [3.63, 3.8) is 0 Å². The molecule has 0 fully saturated rings. The molecule has 19 heavy (non-hydrogen) atoms. The Balaban J connectivity index is 2.12. The van der Waals surface area contributed by atoms with Crippen molar-refractivity contribution in [1.82, 2.24) is 0 Å². The molecule has 0 unspecified atom stereocenters. The molecule has 0 N–H and O–H groups in total. The molecule has 0 nitrogen and oxygen atoms in total. The van der Waals surface area contributed by atoms with Gasteiger partial charge < -0.3 is 0 Å². The van der Waals surface area contributed by atoms with Gasteiger partial charge in [-0.3, -0.25) is 0 Å². The van der Waals surface area contributed by atoms with Gasteiger partial charge in [-0.1, -0.05) is 78.3 Å². The smallest absolute Gasteiger partial charge is 0.0484 e. The predicted molar refractivity (Wildman–Crippen MR) is 82.3 cm³/mol. The molecule has 0 saturated heterocycles. The van der Waals surface area contributed by atoms with Gasteiger partial charge in [-0.15, -0.1) is 0 Å². The van der Waals surface area contributed by atoms with Crippen LogP contribution >= 0.6 is 11.6 Å². The number of rotatable bonds is 2. The molecule has 0 aliphatic carbocycles. The molecular weight excluding hydrogens is 252 g/mol. The molecule has 0 spiro atoms. The lowest BCUT2D eigenvalue weighted by atomic mass is 9.99. The van der Waals surface area contributed by atoms with Crippen LogP contribution in [-0.2, 0) is 0 Å². The largest absolute Gasteiger partial charge is 0.0837 e. The Morgan fingerprint density at radius 3 is 1.74 bits per heavy atom. The van der Waals surface area contributed by atoms with Crippen molar-refractivity contribution in [3.8, 4) is 22.3 Å². The Kier molecular flexibility index (Phi) is 3.35. The van der Waals surface area contributed by atoms with Gasteiger partial charge in [-0.05, 0) is 28.8 Å². The Morgan fingerprint density at radius 1 is 0.526 bits per heavy atom. The van der Waals surface area contributed by atoms with E-state index in [-0.39, 0.29) is 0 Å². The summed E-state index contributed by atoms with van der Waals surface area (Å²) in [6, 6.07) is 26.7. The quantitative estimate of drug-likeness (QED) is 0.559. The van der Waals surface area contributed by atoms with Gasteiger partial charge in [0, 0.05) is 10.6 Å². The Hall–Kier alpha value is -2.05. The minimum atomic E-state index is 0.783. The maximum Gasteiger partial charge on any atom is 0.0484 e. The fraction of sp³-hybridized carbons (Fsp3) is 0. The third kappa shape index (κ3) is 2.54. The highest BCUT2D eigenvalue weighted by molar-refractivity contribution is 6.33. The summed E-state index contributed by atoms with van der Waals surface area (Å²) >= 11 is 6.32. The molecule has 3 rings (SSSR count). The van der Waals surface area contributed by atoms with E-state index < -0.39 is 0 Å². The molecule has 92 valence electrons. The first-order valence-corrected chi connectivity index (χ1v) is 6.63. The molecule has 1 heteroatoms. The zero-order valence-electron chi connectivity index (χ0n) is 10.4. The molecule has 0 radical (unpaired) electrons. The first kappa shape index (κ1) is 12.0. The highest BCUT2D eigenvalue weighted by atomic mass is 35.5. The van der Waals surface area contributed by atoms with Gasteiger partial charge in [0.15, 0.2) is 0 Å². The van der Waals surface area contributed by atoms with Crippen molar-refractivity contribution in [2.75, 3.05) is 0 Å². The van der Waals surface area contributed by atoms with E-state index in [0.29, 0.717) is 0 Å². The van der Waals surface area contributed by atoms with Crippen LogP contribution in [0.3, 0.4) is 0 Å². The fourth-order valence-electron chi connectivity index (χ4n) is 2.17. The molecule has 0 aromatic heterocycles. The summed E-state index contributed by atoms with van der Waals surface area (Å²) in [5.74, 6) is 0. The van der Waals surface area contributed by atoms with Gasteiger partial charge in [0.1, 0.15) is 0 Å². The third-order valence-electron chi connectivity index (χ3n) is 3.16. The molecule has 0 amide bonds. The summed E-state index contributed by atoms with van der Waals surface area (Å²) in [7, 11) is 0. The maximum absolute atomic E-state index is 6.32. The van der Waals surface area contributed by atoms with Crippen LogP contribution in [0.4, 0.5) is 0 Å². The van der Waals surface area contributed by atoms with E-state index in [0.717, 1.165) is 16.1 Å². The van der Waals surface area contributed by atoms with Crippen LogP contribution in [0.25, 0.3) is 22.3 Å². The number of benzene rings is 3. The van der Waals surface area contributed by atoms with Crippen LogP contribution in [0.15, 0.2) is 78.9 Å². The summed E-state index contributed by atoms with van der Waals surface area (Å²) in [5.41, 5.74) is 4.61. The second-order valence-electron chi connectivity index (χ2n) is 4.43. The molecule has 0 saturated carbocycles. The van der Waals surface area contributed by atoms with Crippen LogP contribution in [0.2, 0.25) is 5.02 Å². The van der Waals surface area contributed by atoms with Crippen molar-refractivity contribution in [1.29, 1.82) is 0 Å². The summed E-state index contributed by atoms with van der Waals surface area (Å²) < 4.78 is 0. The van der Waals surface area contributed by atoms with E-state index in [1.54, 1.807) is 0 Å². The average molecular weight is 265 g/mol. The predicted octanol–water partition coefficient (Wildman–Crippen LogP) is 5.67. The van der Waals surface area contributed by atoms with Crippen molar-refractivity contribution < 1.29 is 0 Å². The van der Waals surface area contributed by atoms with Gasteiger partial charge in [-0.2, -0.15) is 0 Å². The Labute approximate surface area is 118 Å². The number of halogens is 1. The Morgan fingerprint density at radius 2 is 1.11 bits per heavy atom. The second-order valence-corrected chi connectivity index (χ2v) is 4.83. The highest BCUT2D eigenvalue weighted by Gasteiger charge is 2.05. The van der Waals surface area contributed by atoms with Gasteiger partial charge in [-0.25, -0.2) is 0 Å². The van der Waals surface area contributed by atoms with Crippen molar-refractivity contribution in [2.24, 2.45) is 0 Å². The van der Waals surface area contributed by atoms with Crippen molar-refractivity contribution in [3.05, 3.63) is 83.9 Å². The SMILES string of the molecule is Clc1ccc(-c2ccccc2)cc1-c1ccccc1. The minimum absolute atomic E-state index is 0.783. The van der Waals surface area contributed by atoms with Crippen LogP contribution in [0.1, 0.15) is 0 Å². The van der Waals surface area contributed by atoms with Gasteiger partial charge in [0.05, 0.1) is 0 Å². The molecule has 0 atom stereocenters. The normalized spacial score (nSPS) is 10.4. The lowest BCUT2D eigenvalue weighted by Gasteiger charge is -2.08. The van der Waals surface area contributed by atoms with E-state index in [9.17, 15) is 0 Å². The minimum Gasteiger partial charge on any atom is -0.0837 e. The standard InChI is InChI=1S/C18H13Cl/c19-18-12-11-16(14-7-3-1-4-8-14)13-17(18)15-9-5-2-6-10-15/h1-13H. The van der Waals surface area contributed by atoms with Crippen molar-refractivity contribution in [2.45, 2.75) is 0 Å². The average Bonchev–Trinajstić information content (AvgIpc) is 2.49. The molecule has 0 bridgehead atoms. The van der Waals surface area contributed by atoms with Crippen LogP contribution < -0.4 is 0 Å². The maximum atomic E-state index is 6.32. The van der Waals surface area contributed by atoms with Crippen LogP contribution in [0, 0.1) is 0 Å². The molecule has 3 aromatic carbocycles. The number of hydrogen-bond acceptors (Lipinski definition) is 0. The summed E-state index contributed by atoms with van der Waals surface area (Å²) in [6.45, 7) is 0. The van der Waals surface area contributed by atoms with Gasteiger partial charge in [0.25, 0.3) is 0 Å². The fourth-order valence-corrected chi connectivity index (χ4v) is 2.40. The molecule has 0 aliphatic heterocycles. The lowest BCUT2D eigenvalue weighted by molar-refractivity contribution is 1.59. The first-order valence-electron chi connectivity index (χ1n) is 6.25. The highest BCUT2D eigenvalue weighted by Crippen LogP contribution is 2.32. The Bertz CT molecular complexity index is 673. The number of hydrogen-bond donors (Lipinski definition) is 0. The zero-order chi connectivity index (χ0) is 13.1. The monoisotopic (exact) mass is 264 g/mol. The summed E-state index contributed by atoms with van der Waals surface area (Å²) in [4.78, 5) is 0. The van der Waals surface area contributed by atoms with E-state index in [1.165, 1.54) is 11.1 Å². The molecule has 3 aromatic rings. The zero-order valence-corrected chi connectivity index (χ0v) is 11.1. The summed E-state index contributed by atoms with van der Waals surface area (Å²) in [6.07, 6.45) is 0. The molecule has 0 aliphatic rings. The first-order chi connectivity index (χ1) is 9.34. The van der Waals surface area contributed by atoms with Gasteiger partial charge in [0.2, 0.25) is 0 Å². The van der Waals surface area contributed by atoms with Crippen LogP contribution in [0.5, 0.6) is 0 Å². The van der Waals surface area contributed by atoms with E-state index >= 15 is 0 Å². The van der Waals surface area contributed by atoms with Crippen LogP contribution in [-0.4, -0.2) is 0 Å².